The molecule has 4 aromatic rings. The summed E-state index contributed by atoms with van der Waals surface area (Å²) in [5.41, 5.74) is -1.83. The van der Waals surface area contributed by atoms with Crippen LogP contribution in [0.5, 0.6) is 5.75 Å². The van der Waals surface area contributed by atoms with Crippen LogP contribution in [0.4, 0.5) is 22.7 Å². The Hall–Kier alpha value is -5.31. The van der Waals surface area contributed by atoms with Crippen molar-refractivity contribution in [2.24, 2.45) is 20.5 Å². The van der Waals surface area contributed by atoms with Gasteiger partial charge in [0.05, 0.1) is 49.9 Å². The van der Waals surface area contributed by atoms with E-state index in [0.29, 0.717) is 12.0 Å². The highest BCUT2D eigenvalue weighted by atomic mass is 32.2. The van der Waals surface area contributed by atoms with E-state index in [2.05, 4.69) is 29.8 Å². The van der Waals surface area contributed by atoms with E-state index in [1.165, 1.54) is 24.3 Å². The maximum Gasteiger partial charge on any atom is 0.338 e. The van der Waals surface area contributed by atoms with Crippen molar-refractivity contribution < 1.29 is 62.4 Å². The van der Waals surface area contributed by atoms with Gasteiger partial charge in [-0.15, -0.1) is 14.6 Å². The largest absolute Gasteiger partial charge is 0.505 e. The predicted octanol–water partition coefficient (Wildman–Crippen LogP) is 6.15. The number of phenolic OH excluding ortho intramolecular Hbond substituents is 1. The zero-order chi connectivity index (χ0) is 32.2. The molecule has 226 valence electrons. The molecule has 19 heteroatoms. The fourth-order valence-corrected chi connectivity index (χ4v) is 4.69. The molecule has 0 radical (unpaired) electrons. The molecule has 0 saturated heterocycles. The molecule has 0 aliphatic carbocycles. The average Bonchev–Trinajstić information content (AvgIpc) is 2.97. The third-order valence-electron chi connectivity index (χ3n) is 5.64. The van der Waals surface area contributed by atoms with Gasteiger partial charge in [0.15, 0.2) is 5.75 Å². The summed E-state index contributed by atoms with van der Waals surface area (Å²) in [6.45, 7) is 0. The molecule has 0 aliphatic rings. The van der Waals surface area contributed by atoms with E-state index in [9.17, 15) is 47.8 Å². The van der Waals surface area contributed by atoms with E-state index in [0.717, 1.165) is 36.4 Å². The summed E-state index contributed by atoms with van der Waals surface area (Å²) in [7, 11) is -4.58. The minimum absolute atomic E-state index is 0.0353. The number of hydrogen-bond donors (Lipinski definition) is 6. The first-order valence-corrected chi connectivity index (χ1v) is 13.7. The summed E-state index contributed by atoms with van der Waals surface area (Å²) in [6.07, 6.45) is 0. The van der Waals surface area contributed by atoms with Crippen LogP contribution in [0, 0.1) is 0 Å². The number of aromatic carboxylic acids is 3. The van der Waals surface area contributed by atoms with Crippen molar-refractivity contribution >= 4 is 73.6 Å². The summed E-state index contributed by atoms with van der Waals surface area (Å²) in [5.74, 6) is -4.82. The van der Waals surface area contributed by atoms with Gasteiger partial charge in [0.2, 0.25) is 0 Å². The SMILES string of the molecule is O=C(O)c1cc(N=Nc2ccc(N=Nc3c(SOOO)cc4cc(S(=O)(=O)O)ccc4c3O)c(C(=O)O)c2)cc(C(=O)O)c1. The maximum absolute atomic E-state index is 12.0. The maximum atomic E-state index is 12.0. The van der Waals surface area contributed by atoms with E-state index >= 15 is 0 Å². The molecular formula is C25H16N4O13S2. The van der Waals surface area contributed by atoms with Gasteiger partial charge in [0, 0.05) is 5.39 Å². The second-order valence-corrected chi connectivity index (χ2v) is 10.6. The van der Waals surface area contributed by atoms with Crippen molar-refractivity contribution in [1.82, 2.24) is 0 Å². The van der Waals surface area contributed by atoms with Crippen LogP contribution in [0.15, 0.2) is 90.9 Å². The van der Waals surface area contributed by atoms with Gasteiger partial charge < -0.3 is 20.4 Å². The van der Waals surface area contributed by atoms with Crippen molar-refractivity contribution in [3.63, 3.8) is 0 Å². The fraction of sp³-hybridized carbons (Fsp3) is 0. The van der Waals surface area contributed by atoms with Gasteiger partial charge in [0.25, 0.3) is 10.1 Å². The molecule has 0 aromatic heterocycles. The summed E-state index contributed by atoms with van der Waals surface area (Å²) in [4.78, 5) is 34.0. The Morgan fingerprint density at radius 2 is 1.41 bits per heavy atom. The molecule has 0 atom stereocenters. The van der Waals surface area contributed by atoms with Crippen LogP contribution in [-0.4, -0.2) is 56.6 Å². The summed E-state index contributed by atoms with van der Waals surface area (Å²) < 4.78 is 36.8. The molecule has 0 spiro atoms. The van der Waals surface area contributed by atoms with Crippen LogP contribution in [0.3, 0.4) is 0 Å². The van der Waals surface area contributed by atoms with E-state index < -0.39 is 44.2 Å². The smallest absolute Gasteiger partial charge is 0.338 e. The lowest BCUT2D eigenvalue weighted by Crippen LogP contribution is -2.01. The van der Waals surface area contributed by atoms with E-state index in [4.69, 9.17) is 5.26 Å². The lowest BCUT2D eigenvalue weighted by molar-refractivity contribution is -0.432. The van der Waals surface area contributed by atoms with Crippen LogP contribution < -0.4 is 0 Å². The summed E-state index contributed by atoms with van der Waals surface area (Å²) >= 11 is 0.332. The Morgan fingerprint density at radius 1 is 0.750 bits per heavy atom. The number of carbonyl (C=O) groups is 3. The van der Waals surface area contributed by atoms with Crippen molar-refractivity contribution in [2.45, 2.75) is 9.79 Å². The fourth-order valence-electron chi connectivity index (χ4n) is 3.68. The number of fused-ring (bicyclic) bond motifs is 1. The quantitative estimate of drug-likeness (QED) is 0.0351. The van der Waals surface area contributed by atoms with Gasteiger partial charge in [-0.1, -0.05) is 5.04 Å². The summed E-state index contributed by atoms with van der Waals surface area (Å²) in [5, 5.41) is 66.8. The minimum Gasteiger partial charge on any atom is -0.505 e. The highest BCUT2D eigenvalue weighted by Crippen LogP contribution is 2.44. The standard InChI is InChI=1S/C25H16N4O13S2/c30-22-17-3-2-16(44(38,39)40)8-11(17)9-20(43-42-41-37)21(22)29-28-19-4-1-14(10-18(19)25(35)36)26-27-15-6-12(23(31)32)5-13(7-15)24(33)34/h1-10,30,37H,(H,31,32)(H,33,34)(H,35,36)(H,38,39,40). The molecule has 0 fully saturated rings. The van der Waals surface area contributed by atoms with Crippen molar-refractivity contribution in [3.05, 3.63) is 77.4 Å². The van der Waals surface area contributed by atoms with Crippen molar-refractivity contribution in [2.75, 3.05) is 0 Å². The topological polar surface area (TPSA) is 275 Å². The molecule has 4 rings (SSSR count). The molecule has 0 aliphatic heterocycles. The van der Waals surface area contributed by atoms with Crippen LogP contribution in [0.25, 0.3) is 10.8 Å². The van der Waals surface area contributed by atoms with Gasteiger partial charge in [0.1, 0.15) is 11.4 Å². The molecule has 17 nitrogen and oxygen atoms in total. The molecule has 0 bridgehead atoms. The van der Waals surface area contributed by atoms with E-state index in [1.807, 2.05) is 0 Å². The third-order valence-corrected chi connectivity index (χ3v) is 7.10. The lowest BCUT2D eigenvalue weighted by Gasteiger charge is -2.10. The Bertz CT molecular complexity index is 1960. The van der Waals surface area contributed by atoms with Crippen LogP contribution >= 0.6 is 12.0 Å². The first-order chi connectivity index (χ1) is 20.8. The van der Waals surface area contributed by atoms with Crippen molar-refractivity contribution in [3.8, 4) is 5.75 Å². The number of phenols is 1. The Balaban J connectivity index is 1.73. The van der Waals surface area contributed by atoms with Gasteiger partial charge in [-0.2, -0.15) is 18.6 Å². The predicted molar refractivity (Wildman–Crippen MR) is 148 cm³/mol. The van der Waals surface area contributed by atoms with Gasteiger partial charge in [-0.3, -0.25) is 4.55 Å². The molecule has 0 heterocycles. The molecule has 0 saturated carbocycles. The van der Waals surface area contributed by atoms with Crippen LogP contribution in [0.1, 0.15) is 31.1 Å². The number of hydrogen-bond acceptors (Lipinski definition) is 14. The first-order valence-electron chi connectivity index (χ1n) is 11.5. The van der Waals surface area contributed by atoms with Crippen molar-refractivity contribution in [1.29, 1.82) is 0 Å². The highest BCUT2D eigenvalue weighted by Gasteiger charge is 2.19. The van der Waals surface area contributed by atoms with Gasteiger partial charge in [-0.05, 0) is 66.0 Å². The Labute approximate surface area is 249 Å². The first kappa shape index (κ1) is 31.6. The monoisotopic (exact) mass is 644 g/mol. The van der Waals surface area contributed by atoms with Crippen LogP contribution in [-0.2, 0) is 19.5 Å². The molecule has 0 unspecified atom stereocenters. The molecule has 4 aromatic carbocycles. The van der Waals surface area contributed by atoms with Gasteiger partial charge >= 0.3 is 17.9 Å². The second kappa shape index (κ2) is 12.9. The van der Waals surface area contributed by atoms with Crippen LogP contribution in [0.2, 0.25) is 0 Å². The zero-order valence-electron chi connectivity index (χ0n) is 21.4. The number of carboxylic acid groups (broad SMARTS) is 3. The molecular weight excluding hydrogens is 628 g/mol. The van der Waals surface area contributed by atoms with Gasteiger partial charge in [-0.25, -0.2) is 19.6 Å². The Morgan fingerprint density at radius 3 is 2.00 bits per heavy atom. The average molecular weight is 645 g/mol. The number of benzene rings is 4. The number of azo groups is 2. The van der Waals surface area contributed by atoms with E-state index in [-0.39, 0.29) is 49.5 Å². The number of carboxylic acids is 3. The molecule has 44 heavy (non-hydrogen) atoms. The molecule has 6 N–H and O–H groups in total. The number of rotatable bonds is 11. The number of nitrogens with zero attached hydrogens (tertiary/aromatic N) is 4. The lowest BCUT2D eigenvalue weighted by atomic mass is 10.1. The molecule has 0 amide bonds. The second-order valence-electron chi connectivity index (χ2n) is 8.44. The number of aromatic hydroxyl groups is 1. The normalized spacial score (nSPS) is 11.9. The Kier molecular flexibility index (Phi) is 9.28. The third kappa shape index (κ3) is 7.18. The van der Waals surface area contributed by atoms with E-state index in [1.54, 1.807) is 0 Å². The zero-order valence-corrected chi connectivity index (χ0v) is 23.1. The minimum atomic E-state index is -4.58. The highest BCUT2D eigenvalue weighted by molar-refractivity contribution is 7.94. The summed E-state index contributed by atoms with van der Waals surface area (Å²) in [6, 6.07) is 11.1.